The normalized spacial score (nSPS) is 13.1. The van der Waals surface area contributed by atoms with Gasteiger partial charge in [0.05, 0.1) is 0 Å². The molecule has 16 heavy (non-hydrogen) atoms. The molecular weight excluding hydrogens is 284 g/mol. The summed E-state index contributed by atoms with van der Waals surface area (Å²) in [6.07, 6.45) is 0. The third kappa shape index (κ3) is 3.55. The van der Waals surface area contributed by atoms with E-state index in [1.165, 1.54) is 9.35 Å². The van der Waals surface area contributed by atoms with E-state index in [0.717, 1.165) is 13.1 Å². The Labute approximate surface area is 111 Å². The SMILES string of the molecule is CC(C)(N)C(C)(C)CNCc1sccc1Br. The first kappa shape index (κ1) is 14.2. The van der Waals surface area contributed by atoms with Crippen molar-refractivity contribution in [2.75, 3.05) is 6.54 Å². The molecule has 4 heteroatoms. The van der Waals surface area contributed by atoms with Crippen LogP contribution in [0.3, 0.4) is 0 Å². The van der Waals surface area contributed by atoms with Crippen molar-refractivity contribution in [2.24, 2.45) is 11.1 Å². The second-order valence-electron chi connectivity index (χ2n) is 5.40. The molecule has 0 atom stereocenters. The van der Waals surface area contributed by atoms with Gasteiger partial charge in [-0.1, -0.05) is 13.8 Å². The third-order valence-corrected chi connectivity index (χ3v) is 5.21. The fraction of sp³-hybridized carbons (Fsp3) is 0.667. The molecule has 0 fully saturated rings. The molecule has 0 aliphatic rings. The van der Waals surface area contributed by atoms with Gasteiger partial charge in [-0.2, -0.15) is 0 Å². The van der Waals surface area contributed by atoms with Crippen molar-refractivity contribution in [2.45, 2.75) is 39.8 Å². The topological polar surface area (TPSA) is 38.0 Å². The highest BCUT2D eigenvalue weighted by atomic mass is 79.9. The lowest BCUT2D eigenvalue weighted by molar-refractivity contribution is 0.195. The van der Waals surface area contributed by atoms with Gasteiger partial charge < -0.3 is 11.1 Å². The molecule has 0 bridgehead atoms. The van der Waals surface area contributed by atoms with Crippen LogP contribution < -0.4 is 11.1 Å². The van der Waals surface area contributed by atoms with E-state index in [2.05, 4.69) is 60.4 Å². The monoisotopic (exact) mass is 304 g/mol. The van der Waals surface area contributed by atoms with Crippen LogP contribution in [0.15, 0.2) is 15.9 Å². The standard InChI is InChI=1S/C12H21BrN2S/c1-11(2,12(3,4)14)8-15-7-10-9(13)5-6-16-10/h5-6,15H,7-8,14H2,1-4H3. The molecule has 0 saturated heterocycles. The molecule has 0 radical (unpaired) electrons. The number of rotatable bonds is 5. The van der Waals surface area contributed by atoms with E-state index in [1.807, 2.05) is 0 Å². The third-order valence-electron chi connectivity index (χ3n) is 3.29. The number of thiophene rings is 1. The molecule has 0 saturated carbocycles. The Morgan fingerprint density at radius 3 is 2.44 bits per heavy atom. The lowest BCUT2D eigenvalue weighted by Gasteiger charge is -2.38. The molecule has 0 aliphatic heterocycles. The van der Waals surface area contributed by atoms with Gasteiger partial charge >= 0.3 is 0 Å². The van der Waals surface area contributed by atoms with Gasteiger partial charge in [0.15, 0.2) is 0 Å². The summed E-state index contributed by atoms with van der Waals surface area (Å²) in [5.41, 5.74) is 6.06. The first-order valence-electron chi connectivity index (χ1n) is 5.45. The van der Waals surface area contributed by atoms with Crippen molar-refractivity contribution < 1.29 is 0 Å². The van der Waals surface area contributed by atoms with Gasteiger partial charge in [0.1, 0.15) is 0 Å². The van der Waals surface area contributed by atoms with Crippen LogP contribution in [-0.4, -0.2) is 12.1 Å². The quantitative estimate of drug-likeness (QED) is 0.875. The van der Waals surface area contributed by atoms with E-state index >= 15 is 0 Å². The molecule has 1 aromatic rings. The number of hydrogen-bond donors (Lipinski definition) is 2. The van der Waals surface area contributed by atoms with Crippen molar-refractivity contribution in [3.63, 3.8) is 0 Å². The molecule has 0 spiro atoms. The van der Waals surface area contributed by atoms with Crippen LogP contribution >= 0.6 is 27.3 Å². The van der Waals surface area contributed by atoms with E-state index in [9.17, 15) is 0 Å². The molecule has 1 aromatic heterocycles. The lowest BCUT2D eigenvalue weighted by Crippen LogP contribution is -2.52. The fourth-order valence-corrected chi connectivity index (χ4v) is 2.63. The number of nitrogens with two attached hydrogens (primary N) is 1. The minimum absolute atomic E-state index is 0.0801. The molecule has 1 heterocycles. The van der Waals surface area contributed by atoms with E-state index in [0.29, 0.717) is 0 Å². The van der Waals surface area contributed by atoms with Gasteiger partial charge in [-0.25, -0.2) is 0 Å². The summed E-state index contributed by atoms with van der Waals surface area (Å²) in [4.78, 5) is 1.34. The van der Waals surface area contributed by atoms with Gasteiger partial charge in [-0.15, -0.1) is 11.3 Å². The van der Waals surface area contributed by atoms with Crippen molar-refractivity contribution in [3.05, 3.63) is 20.8 Å². The molecule has 92 valence electrons. The Kier molecular flexibility index (Phi) is 4.57. The fourth-order valence-electron chi connectivity index (χ4n) is 1.17. The Hall–Kier alpha value is 0.100. The van der Waals surface area contributed by atoms with E-state index < -0.39 is 0 Å². The first-order chi connectivity index (χ1) is 7.24. The summed E-state index contributed by atoms with van der Waals surface area (Å²) in [5, 5.41) is 5.57. The molecule has 0 amide bonds. The predicted molar refractivity (Wildman–Crippen MR) is 75.8 cm³/mol. The molecule has 0 aliphatic carbocycles. The number of hydrogen-bond acceptors (Lipinski definition) is 3. The molecule has 1 rings (SSSR count). The molecule has 0 unspecified atom stereocenters. The van der Waals surface area contributed by atoms with E-state index in [-0.39, 0.29) is 11.0 Å². The van der Waals surface area contributed by atoms with Crippen LogP contribution in [0.1, 0.15) is 32.6 Å². The summed E-state index contributed by atoms with van der Waals surface area (Å²) >= 11 is 5.30. The highest BCUT2D eigenvalue weighted by Gasteiger charge is 2.32. The summed E-state index contributed by atoms with van der Waals surface area (Å²) in [7, 11) is 0. The van der Waals surface area contributed by atoms with Crippen molar-refractivity contribution in [3.8, 4) is 0 Å². The second kappa shape index (κ2) is 5.17. The number of halogens is 1. The Bertz CT molecular complexity index is 339. The van der Waals surface area contributed by atoms with Crippen LogP contribution in [0, 0.1) is 5.41 Å². The Balaban J connectivity index is 2.45. The Morgan fingerprint density at radius 2 is 2.00 bits per heavy atom. The van der Waals surface area contributed by atoms with Gasteiger partial charge in [-0.3, -0.25) is 0 Å². The maximum Gasteiger partial charge on any atom is 0.0327 e. The summed E-state index contributed by atoms with van der Waals surface area (Å²) in [6, 6.07) is 2.08. The smallest absolute Gasteiger partial charge is 0.0327 e. The van der Waals surface area contributed by atoms with Crippen LogP contribution in [0.5, 0.6) is 0 Å². The summed E-state index contributed by atoms with van der Waals surface area (Å²) in [5.74, 6) is 0. The maximum atomic E-state index is 6.16. The molecule has 2 nitrogen and oxygen atoms in total. The minimum Gasteiger partial charge on any atom is -0.325 e. The lowest BCUT2D eigenvalue weighted by atomic mass is 9.75. The van der Waals surface area contributed by atoms with Crippen LogP contribution in [0.2, 0.25) is 0 Å². The average molecular weight is 305 g/mol. The van der Waals surface area contributed by atoms with E-state index in [4.69, 9.17) is 5.73 Å². The van der Waals surface area contributed by atoms with Gasteiger partial charge in [0.2, 0.25) is 0 Å². The van der Waals surface area contributed by atoms with Crippen LogP contribution in [0.25, 0.3) is 0 Å². The second-order valence-corrected chi connectivity index (χ2v) is 7.26. The van der Waals surface area contributed by atoms with Gasteiger partial charge in [0.25, 0.3) is 0 Å². The van der Waals surface area contributed by atoms with Gasteiger partial charge in [0, 0.05) is 28.0 Å². The highest BCUT2D eigenvalue weighted by molar-refractivity contribution is 9.10. The predicted octanol–water partition coefficient (Wildman–Crippen LogP) is 3.36. The highest BCUT2D eigenvalue weighted by Crippen LogP contribution is 2.28. The minimum atomic E-state index is -0.174. The zero-order chi connectivity index (χ0) is 12.4. The largest absolute Gasteiger partial charge is 0.325 e. The molecule has 3 N–H and O–H groups in total. The zero-order valence-electron chi connectivity index (χ0n) is 10.4. The summed E-state index contributed by atoms with van der Waals surface area (Å²) < 4.78 is 1.19. The zero-order valence-corrected chi connectivity index (χ0v) is 12.8. The molecular formula is C12H21BrN2S. The van der Waals surface area contributed by atoms with Gasteiger partial charge in [-0.05, 0) is 46.6 Å². The number of nitrogens with one attached hydrogen (secondary N) is 1. The summed E-state index contributed by atoms with van der Waals surface area (Å²) in [6.45, 7) is 10.4. The van der Waals surface area contributed by atoms with Crippen LogP contribution in [-0.2, 0) is 6.54 Å². The first-order valence-corrected chi connectivity index (χ1v) is 7.13. The van der Waals surface area contributed by atoms with Crippen molar-refractivity contribution >= 4 is 27.3 Å². The average Bonchev–Trinajstić information content (AvgIpc) is 2.49. The van der Waals surface area contributed by atoms with Crippen molar-refractivity contribution in [1.82, 2.24) is 5.32 Å². The van der Waals surface area contributed by atoms with Crippen molar-refractivity contribution in [1.29, 1.82) is 0 Å². The molecule has 0 aromatic carbocycles. The maximum absolute atomic E-state index is 6.16. The van der Waals surface area contributed by atoms with E-state index in [1.54, 1.807) is 11.3 Å². The Morgan fingerprint density at radius 1 is 1.38 bits per heavy atom. The van der Waals surface area contributed by atoms with Crippen LogP contribution in [0.4, 0.5) is 0 Å².